The number of carbonyl (C=O) groups excluding carboxylic acids is 5. The zero-order valence-electron chi connectivity index (χ0n) is 24.1. The maximum Gasteiger partial charge on any atom is 0.261 e. The molecule has 4 rings (SSSR count). The number of nitrogens with one attached hydrogen (secondary N) is 1. The van der Waals surface area contributed by atoms with Crippen molar-refractivity contribution in [2.75, 3.05) is 27.2 Å². The van der Waals surface area contributed by atoms with Gasteiger partial charge in [-0.1, -0.05) is 12.1 Å². The van der Waals surface area contributed by atoms with Gasteiger partial charge in [-0.05, 0) is 89.0 Å². The fourth-order valence-electron chi connectivity index (χ4n) is 5.51. The number of rotatable bonds is 12. The molecule has 2 aliphatic heterocycles. The summed E-state index contributed by atoms with van der Waals surface area (Å²) in [5.74, 6) is -2.03. The summed E-state index contributed by atoms with van der Waals surface area (Å²) >= 11 is 0. The Labute approximate surface area is 237 Å². The van der Waals surface area contributed by atoms with Crippen LogP contribution in [0.3, 0.4) is 0 Å². The van der Waals surface area contributed by atoms with E-state index in [1.807, 2.05) is 7.05 Å². The molecule has 212 valence electrons. The molecular formula is C29H37N3O6Si2. The molecule has 2 aromatic rings. The highest BCUT2D eigenvalue weighted by molar-refractivity contribution is 6.84. The van der Waals surface area contributed by atoms with Gasteiger partial charge in [0, 0.05) is 24.7 Å². The summed E-state index contributed by atoms with van der Waals surface area (Å²) in [4.78, 5) is 66.3. The lowest BCUT2D eigenvalue weighted by molar-refractivity contribution is 0.0648. The quantitative estimate of drug-likeness (QED) is 0.174. The zero-order valence-corrected chi connectivity index (χ0v) is 26.1. The number of hydrogen-bond acceptors (Lipinski definition) is 7. The molecule has 40 heavy (non-hydrogen) atoms. The highest BCUT2D eigenvalue weighted by Crippen LogP contribution is 2.29. The van der Waals surface area contributed by atoms with E-state index in [1.54, 1.807) is 0 Å². The van der Waals surface area contributed by atoms with E-state index in [1.165, 1.54) is 48.3 Å². The molecule has 0 atom stereocenters. The van der Waals surface area contributed by atoms with Gasteiger partial charge < -0.3 is 9.43 Å². The van der Waals surface area contributed by atoms with Crippen LogP contribution in [0.4, 0.5) is 0 Å². The van der Waals surface area contributed by atoms with E-state index in [0.29, 0.717) is 13.0 Å². The third-order valence-electron chi connectivity index (χ3n) is 7.50. The number of ketones is 1. The van der Waals surface area contributed by atoms with E-state index in [2.05, 4.69) is 31.5 Å². The standard InChI is InChI=1S/C29H37N3O6Si2/c1-30-13-7-15-39(3,4)38-40(5,6)16-8-14-32-28(36)22-12-10-20(18-24(22)29(32)37)25(33)19-9-11-21-23(17-19)27(35)31(2)26(21)34/h9-12,17-18,30H,7-8,13-16H2,1-6H3. The van der Waals surface area contributed by atoms with Crippen LogP contribution in [0.1, 0.15) is 70.2 Å². The Hall–Kier alpha value is -3.26. The molecule has 2 heterocycles. The second-order valence-electron chi connectivity index (χ2n) is 11.7. The van der Waals surface area contributed by atoms with Crippen molar-refractivity contribution in [2.45, 2.75) is 51.1 Å². The molecule has 2 aromatic carbocycles. The first-order valence-corrected chi connectivity index (χ1v) is 19.9. The highest BCUT2D eigenvalue weighted by Gasteiger charge is 2.38. The second-order valence-corrected chi connectivity index (χ2v) is 20.6. The smallest absolute Gasteiger partial charge is 0.261 e. The van der Waals surface area contributed by atoms with Crippen LogP contribution >= 0.6 is 0 Å². The number of nitrogens with zero attached hydrogens (tertiary/aromatic N) is 2. The Bertz CT molecular complexity index is 1400. The van der Waals surface area contributed by atoms with Crippen molar-refractivity contribution in [3.63, 3.8) is 0 Å². The number of imide groups is 2. The van der Waals surface area contributed by atoms with Crippen molar-refractivity contribution in [2.24, 2.45) is 0 Å². The third-order valence-corrected chi connectivity index (χ3v) is 15.0. The van der Waals surface area contributed by atoms with Crippen LogP contribution in [0.25, 0.3) is 0 Å². The molecular weight excluding hydrogens is 543 g/mol. The largest absolute Gasteiger partial charge is 0.455 e. The van der Waals surface area contributed by atoms with Gasteiger partial charge in [0.05, 0.1) is 22.3 Å². The molecule has 0 aliphatic carbocycles. The number of carbonyl (C=O) groups is 5. The maximum absolute atomic E-state index is 13.2. The molecule has 0 fully saturated rings. The third kappa shape index (κ3) is 5.92. The molecule has 0 saturated heterocycles. The zero-order chi connectivity index (χ0) is 29.4. The topological polar surface area (TPSA) is 113 Å². The monoisotopic (exact) mass is 579 g/mol. The molecule has 4 amide bonds. The van der Waals surface area contributed by atoms with Gasteiger partial charge in [0.25, 0.3) is 23.6 Å². The summed E-state index contributed by atoms with van der Waals surface area (Å²) in [5.41, 5.74) is 1.38. The lowest BCUT2D eigenvalue weighted by Crippen LogP contribution is -2.45. The van der Waals surface area contributed by atoms with Gasteiger partial charge in [-0.25, -0.2) is 0 Å². The van der Waals surface area contributed by atoms with E-state index in [0.717, 1.165) is 30.0 Å². The average Bonchev–Trinajstić information content (AvgIpc) is 3.26. The highest BCUT2D eigenvalue weighted by atomic mass is 28.4. The molecule has 0 saturated carbocycles. The summed E-state index contributed by atoms with van der Waals surface area (Å²) in [7, 11) is -0.425. The van der Waals surface area contributed by atoms with Gasteiger partial charge >= 0.3 is 0 Å². The summed E-state index contributed by atoms with van der Waals surface area (Å²) in [6, 6.07) is 10.8. The number of hydrogen-bond donors (Lipinski definition) is 1. The minimum absolute atomic E-state index is 0.177. The van der Waals surface area contributed by atoms with Gasteiger partial charge in [-0.2, -0.15) is 0 Å². The van der Waals surface area contributed by atoms with E-state index in [-0.39, 0.29) is 39.3 Å². The van der Waals surface area contributed by atoms with E-state index >= 15 is 0 Å². The summed E-state index contributed by atoms with van der Waals surface area (Å²) in [6.45, 7) is 10.2. The lowest BCUT2D eigenvalue weighted by atomic mass is 9.96. The van der Waals surface area contributed by atoms with Crippen molar-refractivity contribution in [3.8, 4) is 0 Å². The SMILES string of the molecule is CNCCC[Si](C)(C)O[Si](C)(C)CCCN1C(=O)c2ccc(C(=O)c3ccc4c(c3)C(=O)N(C)C4=O)cc2C1=O. The van der Waals surface area contributed by atoms with E-state index in [4.69, 9.17) is 4.12 Å². The minimum atomic E-state index is -1.98. The van der Waals surface area contributed by atoms with Crippen LogP contribution in [-0.2, 0) is 4.12 Å². The molecule has 0 aromatic heterocycles. The Kier molecular flexibility index (Phi) is 8.41. The molecule has 0 spiro atoms. The van der Waals surface area contributed by atoms with Gasteiger partial charge in [-0.15, -0.1) is 0 Å². The van der Waals surface area contributed by atoms with Gasteiger partial charge in [0.2, 0.25) is 0 Å². The van der Waals surface area contributed by atoms with Crippen LogP contribution in [0.15, 0.2) is 36.4 Å². The van der Waals surface area contributed by atoms with Crippen LogP contribution in [0.5, 0.6) is 0 Å². The number of amides is 4. The molecule has 0 bridgehead atoms. The number of benzene rings is 2. The Morgan fingerprint density at radius 1 is 0.750 bits per heavy atom. The number of fused-ring (bicyclic) bond motifs is 2. The molecule has 0 unspecified atom stereocenters. The normalized spacial score (nSPS) is 15.2. The lowest BCUT2D eigenvalue weighted by Gasteiger charge is -2.34. The molecule has 2 aliphatic rings. The maximum atomic E-state index is 13.2. The molecule has 9 nitrogen and oxygen atoms in total. The van der Waals surface area contributed by atoms with Crippen LogP contribution < -0.4 is 5.32 Å². The van der Waals surface area contributed by atoms with Crippen molar-refractivity contribution in [1.82, 2.24) is 15.1 Å². The second kappa shape index (κ2) is 11.3. The van der Waals surface area contributed by atoms with E-state index < -0.39 is 40.1 Å². The molecule has 11 heteroatoms. The van der Waals surface area contributed by atoms with Crippen molar-refractivity contribution in [1.29, 1.82) is 0 Å². The first-order valence-electron chi connectivity index (χ1n) is 13.6. The first kappa shape index (κ1) is 29.7. The van der Waals surface area contributed by atoms with Crippen molar-refractivity contribution < 1.29 is 28.1 Å². The van der Waals surface area contributed by atoms with Gasteiger partial charge in [0.15, 0.2) is 22.4 Å². The van der Waals surface area contributed by atoms with E-state index in [9.17, 15) is 24.0 Å². The first-order chi connectivity index (χ1) is 18.8. The summed E-state index contributed by atoms with van der Waals surface area (Å²) in [6.07, 6.45) is 1.75. The van der Waals surface area contributed by atoms with Crippen molar-refractivity contribution in [3.05, 3.63) is 69.8 Å². The Balaban J connectivity index is 1.42. The predicted molar refractivity (Wildman–Crippen MR) is 157 cm³/mol. The fraction of sp³-hybridized carbons (Fsp3) is 0.414. The summed E-state index contributed by atoms with van der Waals surface area (Å²) in [5, 5.41) is 3.18. The van der Waals surface area contributed by atoms with Crippen LogP contribution in [0, 0.1) is 0 Å². The van der Waals surface area contributed by atoms with Gasteiger partial charge in [0.1, 0.15) is 0 Å². The minimum Gasteiger partial charge on any atom is -0.455 e. The fourth-order valence-corrected chi connectivity index (χ4v) is 14.3. The van der Waals surface area contributed by atoms with Crippen LogP contribution in [-0.4, -0.2) is 83.0 Å². The Morgan fingerprint density at radius 3 is 1.80 bits per heavy atom. The molecule has 0 radical (unpaired) electrons. The molecule has 1 N–H and O–H groups in total. The van der Waals surface area contributed by atoms with Gasteiger partial charge in [-0.3, -0.25) is 33.8 Å². The Morgan fingerprint density at radius 2 is 1.23 bits per heavy atom. The summed E-state index contributed by atoms with van der Waals surface area (Å²) < 4.78 is 6.66. The predicted octanol–water partition coefficient (Wildman–Crippen LogP) is 4.17. The van der Waals surface area contributed by atoms with Crippen LogP contribution in [0.2, 0.25) is 38.3 Å². The average molecular weight is 580 g/mol. The van der Waals surface area contributed by atoms with Crippen molar-refractivity contribution >= 4 is 46.0 Å².